The third kappa shape index (κ3) is 54.5. The second kappa shape index (κ2) is 53.5. The lowest BCUT2D eigenvalue weighted by molar-refractivity contribution is -0.161. The van der Waals surface area contributed by atoms with E-state index in [0.717, 1.165) is 115 Å². The highest BCUT2D eigenvalue weighted by molar-refractivity contribution is 7.47. The first-order valence-electron chi connectivity index (χ1n) is 32.4. The maximum atomic E-state index is 12.9. The Morgan fingerprint density at radius 2 is 0.630 bits per heavy atom. The van der Waals surface area contributed by atoms with Crippen LogP contribution in [0.15, 0.2) is 0 Å². The molecule has 0 amide bonds. The molecule has 81 heavy (non-hydrogen) atoms. The molecular formula is C62H120O17P2. The van der Waals surface area contributed by atoms with Crippen LogP contribution in [0.25, 0.3) is 0 Å². The maximum absolute atomic E-state index is 12.9. The molecule has 0 aromatic heterocycles. The summed E-state index contributed by atoms with van der Waals surface area (Å²) in [5.41, 5.74) is 0. The monoisotopic (exact) mass is 1200 g/mol. The Hall–Kier alpha value is -1.94. The number of hydrogen-bond acceptors (Lipinski definition) is 15. The van der Waals surface area contributed by atoms with E-state index in [9.17, 15) is 43.2 Å². The molecule has 0 spiro atoms. The Labute approximate surface area is 492 Å². The number of ether oxygens (including phenoxy) is 4. The molecule has 19 heteroatoms. The van der Waals surface area contributed by atoms with Crippen LogP contribution in [-0.2, 0) is 65.4 Å². The molecule has 0 rings (SSSR count). The lowest BCUT2D eigenvalue weighted by atomic mass is 9.99. The van der Waals surface area contributed by atoms with Crippen LogP contribution in [0.5, 0.6) is 0 Å². The first-order valence-corrected chi connectivity index (χ1v) is 35.4. The van der Waals surface area contributed by atoms with Gasteiger partial charge in [0, 0.05) is 25.7 Å². The molecule has 0 aliphatic carbocycles. The number of phosphoric ester groups is 2. The van der Waals surface area contributed by atoms with E-state index in [1.165, 1.54) is 96.3 Å². The number of aliphatic hydroxyl groups is 1. The largest absolute Gasteiger partial charge is 0.472 e. The second-order valence-electron chi connectivity index (χ2n) is 23.4. The van der Waals surface area contributed by atoms with Gasteiger partial charge in [0.05, 0.1) is 26.4 Å². The minimum absolute atomic E-state index is 0.103. The standard InChI is InChI=1S/C62H120O17P2/c1-8-11-12-13-14-15-16-20-31-38-45-61(66)78-57(49-72-59(64)43-36-29-24-22-26-33-40-53(4)5)51-76-80(68,69)74-47-56(63)48-75-81(70,71)77-52-58(50-73-60(65)44-37-30-25-23-28-35-42-55(7)10-3)79-62(67)46-39-32-21-18-17-19-27-34-41-54(6)9-2/h53-58,63H,8-52H2,1-7H3,(H,68,69)(H,70,71)/t54?,55?,56-,57+,58+/m0/s1. The van der Waals surface area contributed by atoms with Gasteiger partial charge >= 0.3 is 39.5 Å². The molecule has 4 unspecified atom stereocenters. The van der Waals surface area contributed by atoms with Gasteiger partial charge in [-0.05, 0) is 43.4 Å². The fraction of sp³-hybridized carbons (Fsp3) is 0.935. The van der Waals surface area contributed by atoms with Crippen LogP contribution in [0.1, 0.15) is 299 Å². The highest BCUT2D eigenvalue weighted by Crippen LogP contribution is 2.45. The number of unbranched alkanes of at least 4 members (excludes halogenated alkanes) is 26. The number of aliphatic hydroxyl groups excluding tert-OH is 1. The molecule has 0 aliphatic rings. The molecule has 7 atom stereocenters. The van der Waals surface area contributed by atoms with Crippen LogP contribution in [0, 0.1) is 17.8 Å². The molecular weight excluding hydrogens is 1080 g/mol. The van der Waals surface area contributed by atoms with Crippen molar-refractivity contribution in [1.82, 2.24) is 0 Å². The van der Waals surface area contributed by atoms with Gasteiger partial charge in [-0.25, -0.2) is 9.13 Å². The SMILES string of the molecule is CCCCCCCCCCCCC(=O)O[C@H](COC(=O)CCCCCCCCC(C)C)COP(=O)(O)OC[C@H](O)COP(=O)(O)OC[C@@H](COC(=O)CCCCCCCCC(C)CC)OC(=O)CCCCCCCCCCC(C)CC. The van der Waals surface area contributed by atoms with Crippen molar-refractivity contribution in [3.63, 3.8) is 0 Å². The number of carbonyl (C=O) groups excluding carboxylic acids is 4. The lowest BCUT2D eigenvalue weighted by Crippen LogP contribution is -2.30. The zero-order valence-corrected chi connectivity index (χ0v) is 54.0. The number of hydrogen-bond donors (Lipinski definition) is 3. The van der Waals surface area contributed by atoms with Crippen LogP contribution < -0.4 is 0 Å². The van der Waals surface area contributed by atoms with Gasteiger partial charge in [0.1, 0.15) is 19.3 Å². The highest BCUT2D eigenvalue weighted by Gasteiger charge is 2.30. The van der Waals surface area contributed by atoms with Crippen molar-refractivity contribution in [2.75, 3.05) is 39.6 Å². The smallest absolute Gasteiger partial charge is 0.462 e. The zero-order chi connectivity index (χ0) is 60.3. The fourth-order valence-electron chi connectivity index (χ4n) is 9.06. The van der Waals surface area contributed by atoms with Gasteiger partial charge in [0.25, 0.3) is 0 Å². The van der Waals surface area contributed by atoms with Gasteiger partial charge in [0.2, 0.25) is 0 Å². The Kier molecular flexibility index (Phi) is 52.2. The van der Waals surface area contributed by atoms with E-state index in [-0.39, 0.29) is 25.7 Å². The molecule has 0 saturated carbocycles. The Bertz CT molecular complexity index is 1620. The molecule has 0 fully saturated rings. The van der Waals surface area contributed by atoms with E-state index in [4.69, 9.17) is 37.0 Å². The third-order valence-electron chi connectivity index (χ3n) is 14.9. The van der Waals surface area contributed by atoms with Gasteiger partial charge in [-0.1, -0.05) is 248 Å². The average molecular weight is 1200 g/mol. The van der Waals surface area contributed by atoms with E-state index in [0.29, 0.717) is 31.6 Å². The van der Waals surface area contributed by atoms with E-state index >= 15 is 0 Å². The summed E-state index contributed by atoms with van der Waals surface area (Å²) in [5.74, 6) is 0.0379. The van der Waals surface area contributed by atoms with Crippen LogP contribution in [-0.4, -0.2) is 96.7 Å². The van der Waals surface area contributed by atoms with Gasteiger partial charge < -0.3 is 33.8 Å². The van der Waals surface area contributed by atoms with E-state index in [1.807, 2.05) is 0 Å². The van der Waals surface area contributed by atoms with Crippen molar-refractivity contribution in [3.8, 4) is 0 Å². The minimum Gasteiger partial charge on any atom is -0.462 e. The highest BCUT2D eigenvalue weighted by atomic mass is 31.2. The summed E-state index contributed by atoms with van der Waals surface area (Å²) in [6, 6.07) is 0. The van der Waals surface area contributed by atoms with Crippen molar-refractivity contribution >= 4 is 39.5 Å². The normalized spacial score (nSPS) is 15.1. The van der Waals surface area contributed by atoms with Gasteiger partial charge in [-0.15, -0.1) is 0 Å². The molecule has 0 saturated heterocycles. The molecule has 0 aromatic rings. The topological polar surface area (TPSA) is 237 Å². The summed E-state index contributed by atoms with van der Waals surface area (Å²) in [6.07, 6.45) is 33.5. The van der Waals surface area contributed by atoms with Crippen LogP contribution >= 0.6 is 15.6 Å². The first-order chi connectivity index (χ1) is 38.8. The average Bonchev–Trinajstić information content (AvgIpc) is 3.43. The summed E-state index contributed by atoms with van der Waals surface area (Å²) in [4.78, 5) is 72.1. The van der Waals surface area contributed by atoms with Crippen molar-refractivity contribution < 1.29 is 80.2 Å². The zero-order valence-electron chi connectivity index (χ0n) is 52.2. The summed E-state index contributed by atoms with van der Waals surface area (Å²) < 4.78 is 67.9. The third-order valence-corrected chi connectivity index (χ3v) is 16.8. The van der Waals surface area contributed by atoms with Crippen molar-refractivity contribution in [2.45, 2.75) is 317 Å². The van der Waals surface area contributed by atoms with Crippen LogP contribution in [0.4, 0.5) is 0 Å². The molecule has 0 bridgehead atoms. The lowest BCUT2D eigenvalue weighted by Gasteiger charge is -2.21. The quantitative estimate of drug-likeness (QED) is 0.0222. The predicted octanol–water partition coefficient (Wildman–Crippen LogP) is 16.7. The molecule has 3 N–H and O–H groups in total. The van der Waals surface area contributed by atoms with Gasteiger partial charge in [-0.3, -0.25) is 37.3 Å². The Balaban J connectivity index is 5.26. The van der Waals surface area contributed by atoms with Crippen molar-refractivity contribution in [2.24, 2.45) is 17.8 Å². The van der Waals surface area contributed by atoms with Crippen LogP contribution in [0.2, 0.25) is 0 Å². The van der Waals surface area contributed by atoms with E-state index in [1.54, 1.807) is 0 Å². The molecule has 0 aliphatic heterocycles. The number of phosphoric acid groups is 2. The molecule has 0 radical (unpaired) electrons. The fourth-order valence-corrected chi connectivity index (χ4v) is 10.6. The first kappa shape index (κ1) is 79.1. The summed E-state index contributed by atoms with van der Waals surface area (Å²) >= 11 is 0. The summed E-state index contributed by atoms with van der Waals surface area (Å²) in [5, 5.41) is 10.5. The van der Waals surface area contributed by atoms with Crippen molar-refractivity contribution in [1.29, 1.82) is 0 Å². The second-order valence-corrected chi connectivity index (χ2v) is 26.3. The van der Waals surface area contributed by atoms with Gasteiger partial charge in [0.15, 0.2) is 12.2 Å². The molecule has 17 nitrogen and oxygen atoms in total. The summed E-state index contributed by atoms with van der Waals surface area (Å²) in [7, 11) is -9.88. The van der Waals surface area contributed by atoms with E-state index in [2.05, 4.69) is 48.5 Å². The maximum Gasteiger partial charge on any atom is 0.472 e. The van der Waals surface area contributed by atoms with E-state index < -0.39 is 97.5 Å². The Morgan fingerprint density at radius 3 is 0.938 bits per heavy atom. The van der Waals surface area contributed by atoms with Gasteiger partial charge in [-0.2, -0.15) is 0 Å². The minimum atomic E-state index is -4.94. The van der Waals surface area contributed by atoms with Crippen molar-refractivity contribution in [3.05, 3.63) is 0 Å². The van der Waals surface area contributed by atoms with Crippen LogP contribution in [0.3, 0.4) is 0 Å². The number of carbonyl (C=O) groups is 4. The molecule has 480 valence electrons. The summed E-state index contributed by atoms with van der Waals surface area (Å²) in [6.45, 7) is 11.6. The number of esters is 4. The molecule has 0 aromatic carbocycles. The molecule has 0 heterocycles. The Morgan fingerprint density at radius 1 is 0.358 bits per heavy atom. The predicted molar refractivity (Wildman–Crippen MR) is 321 cm³/mol. The number of rotatable bonds is 60.